The molecule has 2 aliphatic rings. The summed E-state index contributed by atoms with van der Waals surface area (Å²) in [7, 11) is 0. The predicted molar refractivity (Wildman–Crippen MR) is 132 cm³/mol. The van der Waals surface area contributed by atoms with Crippen LogP contribution in [0.1, 0.15) is 39.9 Å². The lowest BCUT2D eigenvalue weighted by Crippen LogP contribution is -2.63. The highest BCUT2D eigenvalue weighted by Crippen LogP contribution is 2.40. The average molecular weight is 474 g/mol. The fraction of sp³-hybridized carbons (Fsp3) is 0.286. The Morgan fingerprint density at radius 1 is 1.03 bits per heavy atom. The first-order valence-electron chi connectivity index (χ1n) is 11.8. The van der Waals surface area contributed by atoms with Gasteiger partial charge in [0, 0.05) is 37.2 Å². The molecule has 5 rings (SSSR count). The normalized spacial score (nSPS) is 16.6. The van der Waals surface area contributed by atoms with Gasteiger partial charge in [-0.2, -0.15) is 0 Å². The maximum atomic E-state index is 14.5. The number of aryl methyl sites for hydroxylation is 2. The summed E-state index contributed by atoms with van der Waals surface area (Å²) in [5, 5.41) is 3.00. The second-order valence-corrected chi connectivity index (χ2v) is 9.26. The molecule has 3 amide bonds. The van der Waals surface area contributed by atoms with E-state index in [1.807, 2.05) is 38.1 Å². The maximum Gasteiger partial charge on any atom is 0.321 e. The second-order valence-electron chi connectivity index (χ2n) is 9.26. The van der Waals surface area contributed by atoms with Crippen molar-refractivity contribution in [3.63, 3.8) is 0 Å². The number of hydrogen-bond acceptors (Lipinski definition) is 3. The number of para-hydroxylation sites is 1. The molecule has 6 nitrogen and oxygen atoms in total. The molecule has 1 N–H and O–H groups in total. The van der Waals surface area contributed by atoms with Crippen molar-refractivity contribution in [2.45, 2.75) is 39.0 Å². The molecule has 2 aliphatic heterocycles. The van der Waals surface area contributed by atoms with Gasteiger partial charge in [0.1, 0.15) is 11.6 Å². The molecule has 0 aliphatic carbocycles. The first-order chi connectivity index (χ1) is 16.9. The minimum absolute atomic E-state index is 0.0919. The Labute approximate surface area is 204 Å². The van der Waals surface area contributed by atoms with Crippen molar-refractivity contribution in [2.24, 2.45) is 0 Å². The van der Waals surface area contributed by atoms with E-state index in [1.165, 1.54) is 6.07 Å². The number of rotatable bonds is 3. The van der Waals surface area contributed by atoms with Gasteiger partial charge in [0.05, 0.1) is 12.1 Å². The first-order valence-corrected chi connectivity index (χ1v) is 11.8. The van der Waals surface area contributed by atoms with Gasteiger partial charge in [-0.1, -0.05) is 48.0 Å². The lowest BCUT2D eigenvalue weighted by molar-refractivity contribution is -0.109. The van der Waals surface area contributed by atoms with Crippen molar-refractivity contribution in [3.05, 3.63) is 94.8 Å². The highest BCUT2D eigenvalue weighted by molar-refractivity contribution is 5.98. The summed E-state index contributed by atoms with van der Waals surface area (Å²) in [4.78, 5) is 29.9. The zero-order chi connectivity index (χ0) is 24.6. The molecule has 2 heterocycles. The van der Waals surface area contributed by atoms with Crippen LogP contribution in [0.5, 0.6) is 5.75 Å². The number of benzene rings is 3. The summed E-state index contributed by atoms with van der Waals surface area (Å²) >= 11 is 0. The number of carbonyl (C=O) groups is 2. The number of carbonyl (C=O) groups excluding carboxylic acids is 2. The molecule has 3 aromatic rings. The molecule has 0 atom stereocenters. The van der Waals surface area contributed by atoms with Crippen LogP contribution in [0, 0.1) is 19.7 Å². The van der Waals surface area contributed by atoms with E-state index in [0.717, 1.165) is 16.8 Å². The van der Waals surface area contributed by atoms with Gasteiger partial charge >= 0.3 is 6.03 Å². The topological polar surface area (TPSA) is 61.9 Å². The van der Waals surface area contributed by atoms with Gasteiger partial charge in [0.2, 0.25) is 0 Å². The van der Waals surface area contributed by atoms with Crippen LogP contribution in [-0.2, 0) is 6.54 Å². The van der Waals surface area contributed by atoms with E-state index in [2.05, 4.69) is 5.32 Å². The lowest BCUT2D eigenvalue weighted by atomic mass is 9.93. The molecule has 35 heavy (non-hydrogen) atoms. The van der Waals surface area contributed by atoms with Crippen molar-refractivity contribution >= 4 is 17.6 Å². The monoisotopic (exact) mass is 473 g/mol. The van der Waals surface area contributed by atoms with Gasteiger partial charge in [0.15, 0.2) is 5.72 Å². The zero-order valence-electron chi connectivity index (χ0n) is 19.9. The van der Waals surface area contributed by atoms with Gasteiger partial charge < -0.3 is 15.0 Å². The Bertz CT molecular complexity index is 1280. The van der Waals surface area contributed by atoms with Crippen molar-refractivity contribution in [3.8, 4) is 5.75 Å². The molecule has 0 bridgehead atoms. The SMILES string of the molecule is Cc1ccc(NC(=O)N2CCC3(CC2)Oc2ccccc2C(=O)N3Cc2ccccc2F)c(C)c1. The molecule has 3 aromatic carbocycles. The molecule has 180 valence electrons. The summed E-state index contributed by atoms with van der Waals surface area (Å²) in [5.41, 5.74) is 2.85. The van der Waals surface area contributed by atoms with Gasteiger partial charge in [0.25, 0.3) is 5.91 Å². The summed E-state index contributed by atoms with van der Waals surface area (Å²) in [6.07, 6.45) is 0.837. The van der Waals surface area contributed by atoms with Crippen LogP contribution in [0.3, 0.4) is 0 Å². The minimum Gasteiger partial charge on any atom is -0.467 e. The van der Waals surface area contributed by atoms with E-state index in [4.69, 9.17) is 4.74 Å². The fourth-order valence-electron chi connectivity index (χ4n) is 4.91. The third-order valence-corrected chi connectivity index (χ3v) is 6.90. The Morgan fingerprint density at radius 3 is 2.49 bits per heavy atom. The van der Waals surface area contributed by atoms with E-state index in [1.54, 1.807) is 46.2 Å². The number of amides is 3. The van der Waals surface area contributed by atoms with E-state index in [0.29, 0.717) is 42.8 Å². The summed E-state index contributed by atoms with van der Waals surface area (Å²) < 4.78 is 21.0. The Kier molecular flexibility index (Phi) is 5.93. The largest absolute Gasteiger partial charge is 0.467 e. The van der Waals surface area contributed by atoms with Crippen LogP contribution < -0.4 is 10.1 Å². The number of fused-ring (bicyclic) bond motifs is 1. The molecular weight excluding hydrogens is 445 g/mol. The fourth-order valence-corrected chi connectivity index (χ4v) is 4.91. The highest BCUT2D eigenvalue weighted by atomic mass is 19.1. The maximum absolute atomic E-state index is 14.5. The minimum atomic E-state index is -0.954. The van der Waals surface area contributed by atoms with E-state index >= 15 is 0 Å². The van der Waals surface area contributed by atoms with Crippen molar-refractivity contribution in [1.82, 2.24) is 9.80 Å². The van der Waals surface area contributed by atoms with Gasteiger partial charge in [-0.25, -0.2) is 9.18 Å². The third-order valence-electron chi connectivity index (χ3n) is 6.90. The van der Waals surface area contributed by atoms with Crippen LogP contribution in [0.15, 0.2) is 66.7 Å². The quantitative estimate of drug-likeness (QED) is 0.546. The number of ether oxygens (including phenoxy) is 1. The Balaban J connectivity index is 1.38. The third kappa shape index (κ3) is 4.34. The van der Waals surface area contributed by atoms with Gasteiger partial charge in [-0.05, 0) is 43.7 Å². The Hall–Kier alpha value is -3.87. The summed E-state index contributed by atoms with van der Waals surface area (Å²) in [6, 6.07) is 19.3. The summed E-state index contributed by atoms with van der Waals surface area (Å²) in [5.74, 6) is -0.0293. The molecular formula is C28H28FN3O3. The average Bonchev–Trinajstić information content (AvgIpc) is 2.85. The number of anilines is 1. The summed E-state index contributed by atoms with van der Waals surface area (Å²) in [6.45, 7) is 4.88. The number of piperidine rings is 1. The number of likely N-dealkylation sites (tertiary alicyclic amines) is 1. The second kappa shape index (κ2) is 9.06. The molecule has 1 fully saturated rings. The molecule has 0 saturated carbocycles. The number of nitrogens with zero attached hydrogens (tertiary/aromatic N) is 2. The van der Waals surface area contributed by atoms with Crippen molar-refractivity contribution in [2.75, 3.05) is 18.4 Å². The Morgan fingerprint density at radius 2 is 1.74 bits per heavy atom. The first kappa shape index (κ1) is 22.9. The molecule has 1 saturated heterocycles. The number of urea groups is 1. The van der Waals surface area contributed by atoms with E-state index < -0.39 is 5.72 Å². The standard InChI is InChI=1S/C28H28FN3O3/c1-19-11-12-24(20(2)17-19)30-27(34)31-15-13-28(14-16-31)32(18-21-7-3-5-9-23(21)29)26(33)22-8-4-6-10-25(22)35-28/h3-12,17H,13-16,18H2,1-2H3,(H,30,34). The number of halogens is 1. The van der Waals surface area contributed by atoms with Crippen LogP contribution in [0.4, 0.5) is 14.9 Å². The van der Waals surface area contributed by atoms with Gasteiger partial charge in [-0.3, -0.25) is 9.69 Å². The predicted octanol–water partition coefficient (Wildman–Crippen LogP) is 5.50. The van der Waals surface area contributed by atoms with Crippen molar-refractivity contribution in [1.29, 1.82) is 0 Å². The van der Waals surface area contributed by atoms with Crippen LogP contribution in [-0.4, -0.2) is 40.6 Å². The molecule has 0 unspecified atom stereocenters. The zero-order valence-corrected chi connectivity index (χ0v) is 19.9. The number of nitrogens with one attached hydrogen (secondary N) is 1. The van der Waals surface area contributed by atoms with Crippen LogP contribution in [0.25, 0.3) is 0 Å². The molecule has 0 aromatic heterocycles. The van der Waals surface area contributed by atoms with Crippen LogP contribution in [0.2, 0.25) is 0 Å². The van der Waals surface area contributed by atoms with Crippen molar-refractivity contribution < 1.29 is 18.7 Å². The molecule has 0 radical (unpaired) electrons. The lowest BCUT2D eigenvalue weighted by Gasteiger charge is -2.50. The molecule has 1 spiro atoms. The number of hydrogen-bond donors (Lipinski definition) is 1. The van der Waals surface area contributed by atoms with E-state index in [9.17, 15) is 14.0 Å². The smallest absolute Gasteiger partial charge is 0.321 e. The van der Waals surface area contributed by atoms with E-state index in [-0.39, 0.29) is 24.3 Å². The molecule has 7 heteroatoms. The van der Waals surface area contributed by atoms with Crippen LogP contribution >= 0.6 is 0 Å². The van der Waals surface area contributed by atoms with Gasteiger partial charge in [-0.15, -0.1) is 0 Å². The highest BCUT2D eigenvalue weighted by Gasteiger charge is 2.49.